The van der Waals surface area contributed by atoms with Crippen molar-refractivity contribution in [2.75, 3.05) is 5.32 Å². The first kappa shape index (κ1) is 17.1. The maximum atomic E-state index is 12.7. The van der Waals surface area contributed by atoms with Gasteiger partial charge in [0.05, 0.1) is 17.6 Å². The third kappa shape index (κ3) is 3.21. The van der Waals surface area contributed by atoms with Crippen LogP contribution in [0.2, 0.25) is 0 Å². The summed E-state index contributed by atoms with van der Waals surface area (Å²) >= 11 is 0. The van der Waals surface area contributed by atoms with Crippen molar-refractivity contribution in [3.63, 3.8) is 0 Å². The van der Waals surface area contributed by atoms with Crippen LogP contribution >= 0.6 is 0 Å². The minimum Gasteiger partial charge on any atom is -0.452 e. The lowest BCUT2D eigenvalue weighted by molar-refractivity contribution is -0.169. The zero-order valence-corrected chi connectivity index (χ0v) is 15.0. The van der Waals surface area contributed by atoms with Crippen LogP contribution in [0.25, 0.3) is 0 Å². The Labute approximate surface area is 153 Å². The van der Waals surface area contributed by atoms with E-state index in [1.807, 2.05) is 6.07 Å². The zero-order chi connectivity index (χ0) is 18.3. The van der Waals surface area contributed by atoms with E-state index >= 15 is 0 Å². The Bertz CT molecular complexity index is 722. The second kappa shape index (κ2) is 6.75. The van der Waals surface area contributed by atoms with Gasteiger partial charge in [0, 0.05) is 5.69 Å². The lowest BCUT2D eigenvalue weighted by atomic mass is 9.52. The molecule has 1 N–H and O–H groups in total. The summed E-state index contributed by atoms with van der Waals surface area (Å²) in [4.78, 5) is 25.1. The molecule has 0 spiro atoms. The fraction of sp³-hybridized carbons (Fsp3) is 0.571. The van der Waals surface area contributed by atoms with Gasteiger partial charge in [-0.2, -0.15) is 5.26 Å². The summed E-state index contributed by atoms with van der Waals surface area (Å²) in [6.45, 7) is 1.62. The first-order chi connectivity index (χ1) is 12.5. The smallest absolute Gasteiger partial charge is 0.310 e. The quantitative estimate of drug-likeness (QED) is 0.841. The molecule has 4 aliphatic rings. The molecule has 0 unspecified atom stereocenters. The summed E-state index contributed by atoms with van der Waals surface area (Å²) in [5.41, 5.74) is 1.12. The molecular weight excluding hydrogens is 328 g/mol. The van der Waals surface area contributed by atoms with Gasteiger partial charge in [0.15, 0.2) is 6.10 Å². The largest absolute Gasteiger partial charge is 0.452 e. The van der Waals surface area contributed by atoms with E-state index in [1.165, 1.54) is 6.42 Å². The maximum Gasteiger partial charge on any atom is 0.310 e. The lowest BCUT2D eigenvalue weighted by Crippen LogP contribution is -2.49. The van der Waals surface area contributed by atoms with Gasteiger partial charge >= 0.3 is 5.97 Å². The van der Waals surface area contributed by atoms with Crippen LogP contribution in [0.1, 0.15) is 44.6 Å². The number of hydrogen-bond donors (Lipinski definition) is 1. The number of hydrogen-bond acceptors (Lipinski definition) is 4. The van der Waals surface area contributed by atoms with Gasteiger partial charge in [-0.05, 0) is 87.0 Å². The minimum atomic E-state index is -0.824. The van der Waals surface area contributed by atoms with E-state index < -0.39 is 6.10 Å². The van der Waals surface area contributed by atoms with Crippen LogP contribution < -0.4 is 5.32 Å². The number of ether oxygens (including phenoxy) is 1. The second-order valence-electron chi connectivity index (χ2n) is 8.21. The van der Waals surface area contributed by atoms with Crippen LogP contribution in [0.3, 0.4) is 0 Å². The standard InChI is InChI=1S/C21H24N2O3/c1-12(20(24)23-18-4-2-13(11-22)3-5-18)26-21(25)19-16-7-14-6-15(9-16)10-17(19)8-14/h2-5,12,14-17,19H,6-10H2,1H3,(H,23,24)/t12-,14?,15?,16?,17?,19?/m1/s1. The molecule has 5 rings (SSSR count). The number of anilines is 1. The number of nitrogens with zero attached hydrogens (tertiary/aromatic N) is 1. The molecule has 1 aromatic carbocycles. The highest BCUT2D eigenvalue weighted by molar-refractivity contribution is 5.95. The first-order valence-electron chi connectivity index (χ1n) is 9.55. The first-order valence-corrected chi connectivity index (χ1v) is 9.55. The fourth-order valence-electron chi connectivity index (χ4n) is 5.49. The molecule has 1 atom stereocenters. The van der Waals surface area contributed by atoms with Crippen molar-refractivity contribution < 1.29 is 14.3 Å². The molecular formula is C21H24N2O3. The summed E-state index contributed by atoms with van der Waals surface area (Å²) in [6, 6.07) is 8.65. The number of carbonyl (C=O) groups is 2. The Hall–Kier alpha value is -2.35. The summed E-state index contributed by atoms with van der Waals surface area (Å²) in [5, 5.41) is 11.6. The molecule has 1 aromatic rings. The second-order valence-corrected chi connectivity index (χ2v) is 8.21. The van der Waals surface area contributed by atoms with Gasteiger partial charge < -0.3 is 10.1 Å². The SMILES string of the molecule is C[C@@H](OC(=O)C1C2CC3CC(C2)CC1C3)C(=O)Nc1ccc(C#N)cc1. The minimum absolute atomic E-state index is 0.0204. The monoisotopic (exact) mass is 352 g/mol. The average Bonchev–Trinajstić information content (AvgIpc) is 2.61. The van der Waals surface area contributed by atoms with E-state index in [2.05, 4.69) is 5.32 Å². The number of esters is 1. The van der Waals surface area contributed by atoms with E-state index in [-0.39, 0.29) is 17.8 Å². The third-order valence-electron chi connectivity index (χ3n) is 6.44. The predicted molar refractivity (Wildman–Crippen MR) is 95.9 cm³/mol. The van der Waals surface area contributed by atoms with E-state index in [9.17, 15) is 9.59 Å². The van der Waals surface area contributed by atoms with Crippen LogP contribution in [-0.2, 0) is 14.3 Å². The molecule has 136 valence electrons. The molecule has 1 amide bonds. The van der Waals surface area contributed by atoms with Crippen LogP contribution in [0.15, 0.2) is 24.3 Å². The van der Waals surface area contributed by atoms with Crippen molar-refractivity contribution in [2.24, 2.45) is 29.6 Å². The fourth-order valence-corrected chi connectivity index (χ4v) is 5.49. The number of carbonyl (C=O) groups excluding carboxylic acids is 2. The number of amides is 1. The van der Waals surface area contributed by atoms with Gasteiger partial charge in [0.2, 0.25) is 0 Å². The van der Waals surface area contributed by atoms with E-state index in [1.54, 1.807) is 31.2 Å². The van der Waals surface area contributed by atoms with E-state index in [0.29, 0.717) is 23.1 Å². The summed E-state index contributed by atoms with van der Waals surface area (Å²) in [6.07, 6.45) is 5.13. The molecule has 4 saturated carbocycles. The molecule has 4 aliphatic carbocycles. The van der Waals surface area contributed by atoms with Crippen molar-refractivity contribution in [2.45, 2.75) is 45.1 Å². The van der Waals surface area contributed by atoms with Gasteiger partial charge in [0.25, 0.3) is 5.91 Å². The lowest BCUT2D eigenvalue weighted by Gasteiger charge is -2.53. The highest BCUT2D eigenvalue weighted by atomic mass is 16.5. The van der Waals surface area contributed by atoms with Crippen LogP contribution in [0.4, 0.5) is 5.69 Å². The topological polar surface area (TPSA) is 79.2 Å². The highest BCUT2D eigenvalue weighted by Crippen LogP contribution is 2.56. The average molecular weight is 352 g/mol. The summed E-state index contributed by atoms with van der Waals surface area (Å²) < 4.78 is 5.55. The zero-order valence-electron chi connectivity index (χ0n) is 15.0. The van der Waals surface area contributed by atoms with Gasteiger partial charge in [-0.1, -0.05) is 0 Å². The summed E-state index contributed by atoms with van der Waals surface area (Å²) in [5.74, 6) is 1.96. The molecule has 0 saturated heterocycles. The van der Waals surface area contributed by atoms with Crippen molar-refractivity contribution >= 4 is 17.6 Å². The van der Waals surface area contributed by atoms with E-state index in [4.69, 9.17) is 10.00 Å². The van der Waals surface area contributed by atoms with Gasteiger partial charge in [-0.15, -0.1) is 0 Å². The Morgan fingerprint density at radius 1 is 1.08 bits per heavy atom. The third-order valence-corrected chi connectivity index (χ3v) is 6.44. The Kier molecular flexibility index (Phi) is 4.44. The van der Waals surface area contributed by atoms with Crippen molar-refractivity contribution in [3.05, 3.63) is 29.8 Å². The van der Waals surface area contributed by atoms with Crippen molar-refractivity contribution in [1.29, 1.82) is 5.26 Å². The molecule has 0 aliphatic heterocycles. The highest BCUT2D eigenvalue weighted by Gasteiger charge is 2.51. The van der Waals surface area contributed by atoms with E-state index in [0.717, 1.165) is 37.5 Å². The van der Waals surface area contributed by atoms with Crippen molar-refractivity contribution in [3.8, 4) is 6.07 Å². The molecule has 0 heterocycles. The molecule has 4 bridgehead atoms. The number of nitrogens with one attached hydrogen (secondary N) is 1. The van der Waals surface area contributed by atoms with Crippen LogP contribution in [0, 0.1) is 40.9 Å². The molecule has 5 heteroatoms. The molecule has 4 fully saturated rings. The maximum absolute atomic E-state index is 12.7. The van der Waals surface area contributed by atoms with Crippen LogP contribution in [0.5, 0.6) is 0 Å². The van der Waals surface area contributed by atoms with Gasteiger partial charge in [-0.3, -0.25) is 9.59 Å². The Morgan fingerprint density at radius 2 is 1.65 bits per heavy atom. The Balaban J connectivity index is 1.35. The summed E-state index contributed by atoms with van der Waals surface area (Å²) in [7, 11) is 0. The normalized spacial score (nSPS) is 32.5. The van der Waals surface area contributed by atoms with Gasteiger partial charge in [0.1, 0.15) is 0 Å². The molecule has 5 nitrogen and oxygen atoms in total. The molecule has 26 heavy (non-hydrogen) atoms. The number of nitriles is 1. The van der Waals surface area contributed by atoms with Crippen LogP contribution in [-0.4, -0.2) is 18.0 Å². The van der Waals surface area contributed by atoms with Gasteiger partial charge in [-0.25, -0.2) is 0 Å². The number of rotatable bonds is 4. The predicted octanol–water partition coefficient (Wildman–Crippen LogP) is 3.50. The molecule has 0 radical (unpaired) electrons. The number of benzene rings is 1. The molecule has 0 aromatic heterocycles. The Morgan fingerprint density at radius 3 is 2.19 bits per heavy atom. The van der Waals surface area contributed by atoms with Crippen molar-refractivity contribution in [1.82, 2.24) is 0 Å².